The van der Waals surface area contributed by atoms with Gasteiger partial charge in [-0.2, -0.15) is 0 Å². The topological polar surface area (TPSA) is 84.2 Å². The number of anilines is 2. The normalized spacial score (nSPS) is 13.0. The molecule has 3 aromatic rings. The van der Waals surface area contributed by atoms with Crippen LogP contribution < -0.4 is 10.6 Å². The smallest absolute Gasteiger partial charge is 0.277 e. The molecule has 1 aromatic heterocycles. The second-order valence-electron chi connectivity index (χ2n) is 5.93. The molecule has 1 aliphatic rings. The molecule has 0 aliphatic carbocycles. The minimum absolute atomic E-state index is 0.0162. The Morgan fingerprint density at radius 2 is 2.00 bits per heavy atom. The largest absolute Gasteiger partial charge is 0.355 e. The van der Waals surface area contributed by atoms with Crippen molar-refractivity contribution in [1.29, 1.82) is 0 Å². The molecule has 26 heavy (non-hydrogen) atoms. The van der Waals surface area contributed by atoms with E-state index >= 15 is 0 Å². The van der Waals surface area contributed by atoms with Gasteiger partial charge in [-0.25, -0.2) is 4.39 Å². The molecule has 130 valence electrons. The summed E-state index contributed by atoms with van der Waals surface area (Å²) in [6.07, 6.45) is 1.03. The number of amides is 2. The van der Waals surface area contributed by atoms with Crippen molar-refractivity contribution in [3.8, 4) is 11.3 Å². The third-order valence-electron chi connectivity index (χ3n) is 4.14. The molecule has 1 aliphatic heterocycles. The molecular formula is C19H14FN3O3. The van der Waals surface area contributed by atoms with Crippen molar-refractivity contribution in [2.75, 3.05) is 10.6 Å². The Morgan fingerprint density at radius 1 is 1.15 bits per heavy atom. The average molecular weight is 351 g/mol. The summed E-state index contributed by atoms with van der Waals surface area (Å²) >= 11 is 0. The second kappa shape index (κ2) is 6.44. The first kappa shape index (κ1) is 16.0. The van der Waals surface area contributed by atoms with E-state index in [2.05, 4.69) is 15.8 Å². The van der Waals surface area contributed by atoms with Gasteiger partial charge < -0.3 is 15.2 Å². The molecule has 0 bridgehead atoms. The first-order chi connectivity index (χ1) is 12.6. The number of carbonyl (C=O) groups excluding carboxylic acids is 2. The summed E-state index contributed by atoms with van der Waals surface area (Å²) in [7, 11) is 0. The predicted octanol–water partition coefficient (Wildman–Crippen LogP) is 3.62. The van der Waals surface area contributed by atoms with Crippen LogP contribution in [0.3, 0.4) is 0 Å². The first-order valence-electron chi connectivity index (χ1n) is 8.06. The number of hydrogen-bond donors (Lipinski definition) is 2. The number of benzene rings is 2. The fraction of sp³-hybridized carbons (Fsp3) is 0.105. The molecule has 0 atom stereocenters. The van der Waals surface area contributed by atoms with Gasteiger partial charge in [0.1, 0.15) is 5.82 Å². The summed E-state index contributed by atoms with van der Waals surface area (Å²) in [4.78, 5) is 23.8. The number of nitrogens with zero attached hydrogens (tertiary/aromatic N) is 1. The van der Waals surface area contributed by atoms with E-state index in [1.165, 1.54) is 12.1 Å². The number of carbonyl (C=O) groups is 2. The maximum Gasteiger partial charge on any atom is 0.277 e. The number of hydrogen-bond acceptors (Lipinski definition) is 4. The highest BCUT2D eigenvalue weighted by Gasteiger charge is 2.18. The van der Waals surface area contributed by atoms with Crippen molar-refractivity contribution in [2.45, 2.75) is 12.8 Å². The Hall–Kier alpha value is -3.48. The van der Waals surface area contributed by atoms with Crippen LogP contribution in [-0.2, 0) is 11.2 Å². The molecule has 0 fully saturated rings. The quantitative estimate of drug-likeness (QED) is 0.755. The van der Waals surface area contributed by atoms with Gasteiger partial charge in [-0.1, -0.05) is 17.3 Å². The van der Waals surface area contributed by atoms with E-state index in [9.17, 15) is 14.0 Å². The van der Waals surface area contributed by atoms with Crippen molar-refractivity contribution in [2.24, 2.45) is 0 Å². The molecule has 2 amide bonds. The molecule has 2 heterocycles. The summed E-state index contributed by atoms with van der Waals surface area (Å²) in [5.74, 6) is -0.748. The van der Waals surface area contributed by atoms with Crippen molar-refractivity contribution in [3.63, 3.8) is 0 Å². The monoisotopic (exact) mass is 351 g/mol. The maximum absolute atomic E-state index is 13.8. The lowest BCUT2D eigenvalue weighted by atomic mass is 10.0. The van der Waals surface area contributed by atoms with Crippen molar-refractivity contribution in [1.82, 2.24) is 5.16 Å². The van der Waals surface area contributed by atoms with Gasteiger partial charge in [-0.3, -0.25) is 9.59 Å². The highest BCUT2D eigenvalue weighted by Crippen LogP contribution is 2.27. The Bertz CT molecular complexity index is 1010. The van der Waals surface area contributed by atoms with E-state index in [1.807, 2.05) is 6.07 Å². The fourth-order valence-electron chi connectivity index (χ4n) is 2.83. The SMILES string of the molecule is O=C1CCc2cc(NC(=O)c3cc(-c4ccccc4F)on3)ccc2N1. The lowest BCUT2D eigenvalue weighted by Crippen LogP contribution is -2.19. The zero-order valence-corrected chi connectivity index (χ0v) is 13.6. The Kier molecular flexibility index (Phi) is 3.96. The summed E-state index contributed by atoms with van der Waals surface area (Å²) in [5.41, 5.74) is 2.58. The summed E-state index contributed by atoms with van der Waals surface area (Å²) in [5, 5.41) is 9.23. The molecule has 7 heteroatoms. The van der Waals surface area contributed by atoms with Gasteiger partial charge in [0, 0.05) is 23.9 Å². The van der Waals surface area contributed by atoms with Crippen LogP contribution in [0.1, 0.15) is 22.5 Å². The third-order valence-corrected chi connectivity index (χ3v) is 4.14. The van der Waals surface area contributed by atoms with E-state index in [0.717, 1.165) is 11.3 Å². The van der Waals surface area contributed by atoms with Gasteiger partial charge in [-0.05, 0) is 42.3 Å². The minimum Gasteiger partial charge on any atom is -0.355 e. The van der Waals surface area contributed by atoms with Gasteiger partial charge in [0.15, 0.2) is 11.5 Å². The molecule has 0 unspecified atom stereocenters. The third kappa shape index (κ3) is 3.06. The van der Waals surface area contributed by atoms with Gasteiger partial charge in [0.25, 0.3) is 5.91 Å². The molecule has 2 aromatic carbocycles. The average Bonchev–Trinajstić information content (AvgIpc) is 3.12. The zero-order chi connectivity index (χ0) is 18.1. The number of nitrogens with one attached hydrogen (secondary N) is 2. The van der Waals surface area contributed by atoms with E-state index in [4.69, 9.17) is 4.52 Å². The number of fused-ring (bicyclic) bond motifs is 1. The number of rotatable bonds is 3. The minimum atomic E-state index is -0.462. The highest BCUT2D eigenvalue weighted by atomic mass is 19.1. The zero-order valence-electron chi connectivity index (χ0n) is 13.6. The van der Waals surface area contributed by atoms with Crippen LogP contribution in [0.2, 0.25) is 0 Å². The standard InChI is InChI=1S/C19H14FN3O3/c20-14-4-2-1-3-13(14)17-10-16(23-26-17)19(25)21-12-6-7-15-11(9-12)5-8-18(24)22-15/h1-4,6-7,9-10H,5,8H2,(H,21,25)(H,22,24). The molecule has 0 saturated heterocycles. The van der Waals surface area contributed by atoms with Crippen LogP contribution >= 0.6 is 0 Å². The molecule has 2 N–H and O–H groups in total. The van der Waals surface area contributed by atoms with Crippen LogP contribution in [0.15, 0.2) is 53.1 Å². The number of aryl methyl sites for hydroxylation is 1. The van der Waals surface area contributed by atoms with Gasteiger partial charge in [0.05, 0.1) is 5.56 Å². The molecule has 0 saturated carbocycles. The van der Waals surface area contributed by atoms with Crippen LogP contribution in [0.25, 0.3) is 11.3 Å². The summed E-state index contributed by atoms with van der Waals surface area (Å²) in [6.45, 7) is 0. The number of aromatic nitrogens is 1. The van der Waals surface area contributed by atoms with E-state index < -0.39 is 11.7 Å². The lowest BCUT2D eigenvalue weighted by Gasteiger charge is -2.17. The van der Waals surface area contributed by atoms with E-state index in [-0.39, 0.29) is 22.9 Å². The Morgan fingerprint density at radius 3 is 2.85 bits per heavy atom. The van der Waals surface area contributed by atoms with Crippen molar-refractivity contribution in [3.05, 3.63) is 65.6 Å². The lowest BCUT2D eigenvalue weighted by molar-refractivity contribution is -0.116. The molecule has 0 spiro atoms. The second-order valence-corrected chi connectivity index (χ2v) is 5.93. The molecule has 0 radical (unpaired) electrons. The Labute approximate surface area is 148 Å². The van der Waals surface area contributed by atoms with Crippen LogP contribution in [0, 0.1) is 5.82 Å². The maximum atomic E-state index is 13.8. The van der Waals surface area contributed by atoms with Gasteiger partial charge >= 0.3 is 0 Å². The number of halogens is 1. The van der Waals surface area contributed by atoms with Crippen LogP contribution in [-0.4, -0.2) is 17.0 Å². The van der Waals surface area contributed by atoms with E-state index in [1.54, 1.807) is 30.3 Å². The van der Waals surface area contributed by atoms with Crippen LogP contribution in [0.4, 0.5) is 15.8 Å². The van der Waals surface area contributed by atoms with Crippen LogP contribution in [0.5, 0.6) is 0 Å². The van der Waals surface area contributed by atoms with Crippen molar-refractivity contribution >= 4 is 23.2 Å². The molecule has 6 nitrogen and oxygen atoms in total. The summed E-state index contributed by atoms with van der Waals surface area (Å²) < 4.78 is 18.9. The molecule has 4 rings (SSSR count). The molecular weight excluding hydrogens is 337 g/mol. The predicted molar refractivity (Wildman–Crippen MR) is 93.2 cm³/mol. The fourth-order valence-corrected chi connectivity index (χ4v) is 2.83. The Balaban J connectivity index is 1.53. The summed E-state index contributed by atoms with van der Waals surface area (Å²) in [6, 6.07) is 12.7. The first-order valence-corrected chi connectivity index (χ1v) is 8.06. The van der Waals surface area contributed by atoms with Gasteiger partial charge in [0.2, 0.25) is 5.91 Å². The van der Waals surface area contributed by atoms with Crippen molar-refractivity contribution < 1.29 is 18.5 Å². The van der Waals surface area contributed by atoms with E-state index in [0.29, 0.717) is 18.5 Å². The van der Waals surface area contributed by atoms with Gasteiger partial charge in [-0.15, -0.1) is 0 Å². The highest BCUT2D eigenvalue weighted by molar-refractivity contribution is 6.03.